The molecule has 0 unspecified atom stereocenters. The second kappa shape index (κ2) is 6.74. The topological polar surface area (TPSA) is 113 Å². The summed E-state index contributed by atoms with van der Waals surface area (Å²) < 4.78 is 5.29. The molecule has 1 aliphatic heterocycles. The van der Waals surface area contributed by atoms with Gasteiger partial charge in [0.1, 0.15) is 5.60 Å². The molecule has 1 heterocycles. The molecule has 0 aromatic carbocycles. The van der Waals surface area contributed by atoms with E-state index < -0.39 is 29.1 Å². The predicted molar refractivity (Wildman–Crippen MR) is 83.8 cm³/mol. The number of carboxylic acid groups (broad SMARTS) is 1. The molecule has 0 aromatic rings. The molecule has 0 aromatic heterocycles. The van der Waals surface area contributed by atoms with E-state index in [9.17, 15) is 19.5 Å². The first-order valence-electron chi connectivity index (χ1n) is 7.61. The highest BCUT2D eigenvalue weighted by Gasteiger charge is 2.52. The average Bonchev–Trinajstić information content (AvgIpc) is 2.27. The number of ether oxygens (including phenoxy) is 1. The highest BCUT2D eigenvalue weighted by molar-refractivity contribution is 5.77. The normalized spacial score (nSPS) is 17.1. The van der Waals surface area contributed by atoms with Gasteiger partial charge in [-0.3, -0.25) is 14.5 Å². The molecule has 23 heavy (non-hydrogen) atoms. The zero-order valence-corrected chi connectivity index (χ0v) is 14.5. The van der Waals surface area contributed by atoms with Gasteiger partial charge in [-0.2, -0.15) is 0 Å². The molecule has 0 spiro atoms. The van der Waals surface area contributed by atoms with E-state index in [-0.39, 0.29) is 32.1 Å². The maximum atomic E-state index is 12.1. The fraction of sp³-hybridized carbons (Fsp3) is 0.800. The van der Waals surface area contributed by atoms with E-state index in [1.54, 1.807) is 25.7 Å². The summed E-state index contributed by atoms with van der Waals surface area (Å²) in [6.07, 6.45) is -0.654. The van der Waals surface area contributed by atoms with E-state index in [0.717, 1.165) is 0 Å². The van der Waals surface area contributed by atoms with Crippen molar-refractivity contribution < 1.29 is 24.2 Å². The maximum absolute atomic E-state index is 12.1. The summed E-state index contributed by atoms with van der Waals surface area (Å²) in [6.45, 7) is 9.37. The zero-order valence-electron chi connectivity index (χ0n) is 14.5. The number of carboxylic acids is 1. The van der Waals surface area contributed by atoms with Crippen molar-refractivity contribution in [1.29, 1.82) is 0 Å². The lowest BCUT2D eigenvalue weighted by molar-refractivity contribution is -0.149. The van der Waals surface area contributed by atoms with Crippen LogP contribution in [0.2, 0.25) is 0 Å². The van der Waals surface area contributed by atoms with E-state index in [0.29, 0.717) is 0 Å². The highest BCUT2D eigenvalue weighted by atomic mass is 16.6. The minimum atomic E-state index is -0.982. The molecule has 8 nitrogen and oxygen atoms in total. The van der Waals surface area contributed by atoms with Crippen molar-refractivity contribution in [3.05, 3.63) is 0 Å². The minimum Gasteiger partial charge on any atom is -0.481 e. The number of amides is 2. The molecule has 0 saturated carbocycles. The van der Waals surface area contributed by atoms with E-state index in [4.69, 9.17) is 10.5 Å². The van der Waals surface area contributed by atoms with Gasteiger partial charge in [0.05, 0.1) is 18.5 Å². The molecule has 1 aliphatic rings. The van der Waals surface area contributed by atoms with E-state index >= 15 is 0 Å². The molecule has 8 heteroatoms. The van der Waals surface area contributed by atoms with E-state index in [1.807, 2.05) is 13.8 Å². The average molecular weight is 329 g/mol. The molecule has 0 aliphatic carbocycles. The Labute approximate surface area is 136 Å². The number of carbonyl (C=O) groups is 3. The summed E-state index contributed by atoms with van der Waals surface area (Å²) in [5.74, 6) is -1.51. The van der Waals surface area contributed by atoms with E-state index in [2.05, 4.69) is 0 Å². The Balaban J connectivity index is 2.89. The van der Waals surface area contributed by atoms with E-state index in [1.165, 1.54) is 4.90 Å². The molecule has 0 radical (unpaired) electrons. The quantitative estimate of drug-likeness (QED) is 0.739. The Hall–Kier alpha value is -1.83. The molecule has 0 atom stereocenters. The summed E-state index contributed by atoms with van der Waals surface area (Å²) >= 11 is 0. The Bertz CT molecular complexity index is 478. The third-order valence-electron chi connectivity index (χ3n) is 3.66. The second-order valence-corrected chi connectivity index (χ2v) is 7.32. The summed E-state index contributed by atoms with van der Waals surface area (Å²) in [6, 6.07) is -0.0809. The van der Waals surface area contributed by atoms with Crippen LogP contribution in [0.4, 0.5) is 4.79 Å². The molecule has 1 fully saturated rings. The Morgan fingerprint density at radius 2 is 1.83 bits per heavy atom. The van der Waals surface area contributed by atoms with Crippen molar-refractivity contribution in [2.24, 2.45) is 5.73 Å². The molecule has 3 N–H and O–H groups in total. The van der Waals surface area contributed by atoms with Gasteiger partial charge in [0.15, 0.2) is 0 Å². The van der Waals surface area contributed by atoms with Crippen LogP contribution in [0.5, 0.6) is 0 Å². The van der Waals surface area contributed by atoms with Gasteiger partial charge in [0.2, 0.25) is 5.91 Å². The standard InChI is InChI=1S/C15H27N3O5/c1-10(2)18(7-11(16)19)15(6-12(20)21)8-17(9-15)13(22)23-14(3,4)5/h10H,6-9H2,1-5H3,(H2,16,19)(H,20,21). The monoisotopic (exact) mass is 329 g/mol. The molecule has 1 rings (SSSR count). The Morgan fingerprint density at radius 1 is 1.30 bits per heavy atom. The third kappa shape index (κ3) is 5.09. The number of likely N-dealkylation sites (tertiary alicyclic amines) is 1. The lowest BCUT2D eigenvalue weighted by atomic mass is 9.83. The summed E-state index contributed by atoms with van der Waals surface area (Å²) in [5.41, 5.74) is 3.86. The van der Waals surface area contributed by atoms with Crippen molar-refractivity contribution >= 4 is 18.0 Å². The first kappa shape index (κ1) is 19.2. The summed E-state index contributed by atoms with van der Waals surface area (Å²) in [5, 5.41) is 9.21. The largest absolute Gasteiger partial charge is 0.481 e. The van der Waals surface area contributed by atoms with Gasteiger partial charge in [-0.05, 0) is 34.6 Å². The fourth-order valence-corrected chi connectivity index (χ4v) is 2.86. The van der Waals surface area contributed by atoms with Gasteiger partial charge in [-0.25, -0.2) is 4.79 Å². The SMILES string of the molecule is CC(C)N(CC(N)=O)C1(CC(=O)O)CN(C(=O)OC(C)(C)C)C1. The van der Waals surface area contributed by atoms with Gasteiger partial charge in [0.25, 0.3) is 0 Å². The molecule has 0 bridgehead atoms. The van der Waals surface area contributed by atoms with Crippen LogP contribution < -0.4 is 5.73 Å². The Morgan fingerprint density at radius 3 is 2.17 bits per heavy atom. The molecule has 1 saturated heterocycles. The van der Waals surface area contributed by atoms with Crippen LogP contribution in [0.15, 0.2) is 0 Å². The van der Waals surface area contributed by atoms with Gasteiger partial charge in [-0.15, -0.1) is 0 Å². The van der Waals surface area contributed by atoms with Gasteiger partial charge < -0.3 is 20.5 Å². The summed E-state index contributed by atoms with van der Waals surface area (Å²) in [4.78, 5) is 37.8. The van der Waals surface area contributed by atoms with Crippen LogP contribution in [-0.4, -0.2) is 69.7 Å². The van der Waals surface area contributed by atoms with Crippen molar-refractivity contribution in [2.45, 2.75) is 58.2 Å². The van der Waals surface area contributed by atoms with Crippen molar-refractivity contribution in [2.75, 3.05) is 19.6 Å². The van der Waals surface area contributed by atoms with Crippen molar-refractivity contribution in [3.8, 4) is 0 Å². The molecule has 2 amide bonds. The van der Waals surface area contributed by atoms with Gasteiger partial charge in [0, 0.05) is 19.1 Å². The molecule has 132 valence electrons. The number of nitrogens with zero attached hydrogens (tertiary/aromatic N) is 2. The number of hydrogen-bond donors (Lipinski definition) is 2. The van der Waals surface area contributed by atoms with Gasteiger partial charge in [-0.1, -0.05) is 0 Å². The van der Waals surface area contributed by atoms with Crippen LogP contribution in [-0.2, 0) is 14.3 Å². The van der Waals surface area contributed by atoms with Crippen LogP contribution in [0.25, 0.3) is 0 Å². The van der Waals surface area contributed by atoms with Gasteiger partial charge >= 0.3 is 12.1 Å². The van der Waals surface area contributed by atoms with Crippen LogP contribution in [0.1, 0.15) is 41.0 Å². The summed E-state index contributed by atoms with van der Waals surface area (Å²) in [7, 11) is 0. The second-order valence-electron chi connectivity index (χ2n) is 7.32. The van der Waals surface area contributed by atoms with Crippen LogP contribution in [0, 0.1) is 0 Å². The van der Waals surface area contributed by atoms with Crippen molar-refractivity contribution in [3.63, 3.8) is 0 Å². The lowest BCUT2D eigenvalue weighted by Crippen LogP contribution is -2.74. The first-order chi connectivity index (χ1) is 10.4. The van der Waals surface area contributed by atoms with Crippen LogP contribution in [0.3, 0.4) is 0 Å². The maximum Gasteiger partial charge on any atom is 0.410 e. The number of rotatable bonds is 6. The van der Waals surface area contributed by atoms with Crippen LogP contribution >= 0.6 is 0 Å². The smallest absolute Gasteiger partial charge is 0.410 e. The molecular weight excluding hydrogens is 302 g/mol. The predicted octanol–water partition coefficient (Wildman–Crippen LogP) is 0.646. The fourth-order valence-electron chi connectivity index (χ4n) is 2.86. The Kier molecular flexibility index (Phi) is 5.63. The highest BCUT2D eigenvalue weighted by Crippen LogP contribution is 2.34. The number of primary amides is 1. The molecular formula is C15H27N3O5. The third-order valence-corrected chi connectivity index (χ3v) is 3.66. The first-order valence-corrected chi connectivity index (χ1v) is 7.61. The van der Waals surface area contributed by atoms with Crippen molar-refractivity contribution in [1.82, 2.24) is 9.80 Å². The minimum absolute atomic E-state index is 0.0485. The number of aliphatic carboxylic acids is 1. The zero-order chi connectivity index (χ0) is 18.0. The number of nitrogens with two attached hydrogens (primary N) is 1. The number of hydrogen-bond acceptors (Lipinski definition) is 5. The lowest BCUT2D eigenvalue weighted by Gasteiger charge is -2.56. The number of carbonyl (C=O) groups excluding carboxylic acids is 2.